The molecule has 0 atom stereocenters. The largest absolute Gasteiger partial charge is 0.370 e. The standard InChI is InChI=1S/C21H20F2N6/c1-13-9-16(11-25-20(13)23)18-17(22)4-3-15(10-24)19(18)29-7-5-14(6-8-29)21-27-26-12-28(21)2/h3-4,9,11-12,14H,5-8H2,1-2H3. The van der Waals surface area contributed by atoms with Crippen LogP contribution in [0.1, 0.15) is 35.7 Å². The predicted molar refractivity (Wildman–Crippen MR) is 104 cm³/mol. The Balaban J connectivity index is 1.72. The van der Waals surface area contributed by atoms with E-state index in [1.165, 1.54) is 18.3 Å². The van der Waals surface area contributed by atoms with Gasteiger partial charge in [0, 0.05) is 48.9 Å². The molecule has 1 aliphatic heterocycles. The third kappa shape index (κ3) is 3.44. The summed E-state index contributed by atoms with van der Waals surface area (Å²) in [6.07, 6.45) is 4.63. The van der Waals surface area contributed by atoms with Crippen LogP contribution in [0.5, 0.6) is 0 Å². The second-order valence-corrected chi connectivity index (χ2v) is 7.32. The van der Waals surface area contributed by atoms with E-state index in [0.29, 0.717) is 35.5 Å². The minimum atomic E-state index is -0.586. The van der Waals surface area contributed by atoms with Gasteiger partial charge in [0.1, 0.15) is 24.0 Å². The van der Waals surface area contributed by atoms with E-state index in [2.05, 4.69) is 21.3 Å². The number of piperidine rings is 1. The Morgan fingerprint density at radius 1 is 1.21 bits per heavy atom. The summed E-state index contributed by atoms with van der Waals surface area (Å²) in [5, 5.41) is 17.8. The monoisotopic (exact) mass is 394 g/mol. The lowest BCUT2D eigenvalue weighted by Gasteiger charge is -2.35. The van der Waals surface area contributed by atoms with Crippen LogP contribution >= 0.6 is 0 Å². The molecule has 0 radical (unpaired) electrons. The fourth-order valence-corrected chi connectivity index (χ4v) is 3.98. The van der Waals surface area contributed by atoms with Gasteiger partial charge in [0.15, 0.2) is 0 Å². The van der Waals surface area contributed by atoms with Crippen molar-refractivity contribution < 1.29 is 8.78 Å². The minimum Gasteiger partial charge on any atom is -0.370 e. The van der Waals surface area contributed by atoms with Crippen LogP contribution in [0.4, 0.5) is 14.5 Å². The Morgan fingerprint density at radius 2 is 1.97 bits per heavy atom. The van der Waals surface area contributed by atoms with E-state index in [1.807, 2.05) is 16.5 Å². The summed E-state index contributed by atoms with van der Waals surface area (Å²) < 4.78 is 30.5. The van der Waals surface area contributed by atoms with Gasteiger partial charge in [0.05, 0.1) is 11.3 Å². The molecule has 4 rings (SSSR count). The zero-order valence-corrected chi connectivity index (χ0v) is 16.2. The van der Waals surface area contributed by atoms with Crippen molar-refractivity contribution in [3.63, 3.8) is 0 Å². The van der Waals surface area contributed by atoms with E-state index in [0.717, 1.165) is 18.7 Å². The number of benzene rings is 1. The maximum atomic E-state index is 14.9. The third-order valence-electron chi connectivity index (χ3n) is 5.47. The van der Waals surface area contributed by atoms with Crippen LogP contribution in [-0.4, -0.2) is 32.8 Å². The zero-order chi connectivity index (χ0) is 20.5. The first-order valence-electron chi connectivity index (χ1n) is 9.43. The molecule has 8 heteroatoms. The van der Waals surface area contributed by atoms with Crippen molar-refractivity contribution >= 4 is 5.69 Å². The van der Waals surface area contributed by atoms with Crippen LogP contribution in [0.3, 0.4) is 0 Å². The molecule has 1 aliphatic rings. The second-order valence-electron chi connectivity index (χ2n) is 7.32. The topological polar surface area (TPSA) is 70.6 Å². The van der Waals surface area contributed by atoms with Gasteiger partial charge in [-0.3, -0.25) is 0 Å². The Morgan fingerprint density at radius 3 is 2.59 bits per heavy atom. The maximum absolute atomic E-state index is 14.9. The number of aryl methyl sites for hydroxylation is 2. The van der Waals surface area contributed by atoms with Gasteiger partial charge in [0.25, 0.3) is 0 Å². The molecular formula is C21H20F2N6. The average molecular weight is 394 g/mol. The number of nitriles is 1. The van der Waals surface area contributed by atoms with Crippen LogP contribution < -0.4 is 4.90 Å². The number of rotatable bonds is 3. The summed E-state index contributed by atoms with van der Waals surface area (Å²) in [7, 11) is 1.92. The highest BCUT2D eigenvalue weighted by atomic mass is 19.1. The van der Waals surface area contributed by atoms with Gasteiger partial charge in [-0.15, -0.1) is 10.2 Å². The van der Waals surface area contributed by atoms with E-state index in [1.54, 1.807) is 19.3 Å². The van der Waals surface area contributed by atoms with E-state index in [9.17, 15) is 14.0 Å². The van der Waals surface area contributed by atoms with Gasteiger partial charge in [0.2, 0.25) is 5.95 Å². The van der Waals surface area contributed by atoms with Crippen molar-refractivity contribution in [1.82, 2.24) is 19.7 Å². The average Bonchev–Trinajstić information content (AvgIpc) is 3.16. The Bertz CT molecular complexity index is 1090. The number of aromatic nitrogens is 4. The lowest BCUT2D eigenvalue weighted by atomic mass is 9.93. The van der Waals surface area contributed by atoms with E-state index < -0.39 is 11.8 Å². The van der Waals surface area contributed by atoms with Crippen molar-refractivity contribution in [2.75, 3.05) is 18.0 Å². The molecule has 3 aromatic rings. The number of halogens is 2. The maximum Gasteiger partial charge on any atom is 0.215 e. The quantitative estimate of drug-likeness (QED) is 0.633. The highest BCUT2D eigenvalue weighted by molar-refractivity contribution is 5.83. The van der Waals surface area contributed by atoms with Crippen LogP contribution in [0.25, 0.3) is 11.1 Å². The molecule has 148 valence electrons. The van der Waals surface area contributed by atoms with Gasteiger partial charge in [-0.1, -0.05) is 0 Å². The highest BCUT2D eigenvalue weighted by Gasteiger charge is 2.28. The van der Waals surface area contributed by atoms with Crippen LogP contribution in [0.15, 0.2) is 30.7 Å². The first-order chi connectivity index (χ1) is 14.0. The van der Waals surface area contributed by atoms with Crippen LogP contribution in [0.2, 0.25) is 0 Å². The van der Waals surface area contributed by atoms with Crippen molar-refractivity contribution in [2.45, 2.75) is 25.7 Å². The smallest absolute Gasteiger partial charge is 0.215 e. The molecule has 3 heterocycles. The summed E-state index contributed by atoms with van der Waals surface area (Å²) in [6.45, 7) is 2.89. The molecule has 0 spiro atoms. The zero-order valence-electron chi connectivity index (χ0n) is 16.2. The number of nitrogens with zero attached hydrogens (tertiary/aromatic N) is 6. The molecule has 0 unspecified atom stereocenters. The van der Waals surface area contributed by atoms with Crippen molar-refractivity contribution in [1.29, 1.82) is 5.26 Å². The molecule has 0 saturated carbocycles. The summed E-state index contributed by atoms with van der Waals surface area (Å²) in [6, 6.07) is 6.51. The Kier molecular flexibility index (Phi) is 4.97. The number of hydrogen-bond acceptors (Lipinski definition) is 5. The van der Waals surface area contributed by atoms with E-state index in [-0.39, 0.29) is 11.5 Å². The van der Waals surface area contributed by atoms with Gasteiger partial charge in [-0.05, 0) is 38.0 Å². The van der Waals surface area contributed by atoms with Gasteiger partial charge < -0.3 is 9.47 Å². The summed E-state index contributed by atoms with van der Waals surface area (Å²) in [4.78, 5) is 5.77. The minimum absolute atomic E-state index is 0.260. The summed E-state index contributed by atoms with van der Waals surface area (Å²) in [5.41, 5.74) is 2.01. The molecule has 1 aromatic carbocycles. The lowest BCUT2D eigenvalue weighted by Crippen LogP contribution is -2.34. The van der Waals surface area contributed by atoms with Crippen LogP contribution in [0, 0.1) is 30.0 Å². The molecule has 6 nitrogen and oxygen atoms in total. The number of hydrogen-bond donors (Lipinski definition) is 0. The van der Waals surface area contributed by atoms with Crippen LogP contribution in [-0.2, 0) is 7.05 Å². The first kappa shape index (κ1) is 19.0. The van der Waals surface area contributed by atoms with Gasteiger partial charge in [-0.25, -0.2) is 9.37 Å². The predicted octanol–water partition coefficient (Wildman–Crippen LogP) is 3.72. The first-order valence-corrected chi connectivity index (χ1v) is 9.43. The number of pyridine rings is 1. The lowest BCUT2D eigenvalue weighted by molar-refractivity contribution is 0.473. The second kappa shape index (κ2) is 7.59. The fraction of sp³-hybridized carbons (Fsp3) is 0.333. The Labute approximate surface area is 167 Å². The van der Waals surface area contributed by atoms with Gasteiger partial charge >= 0.3 is 0 Å². The molecule has 0 amide bonds. The van der Waals surface area contributed by atoms with Gasteiger partial charge in [-0.2, -0.15) is 9.65 Å². The summed E-state index contributed by atoms with van der Waals surface area (Å²) >= 11 is 0. The Hall–Kier alpha value is -3.34. The van der Waals surface area contributed by atoms with Crippen molar-refractivity contribution in [3.05, 3.63) is 59.4 Å². The SMILES string of the molecule is Cc1cc(-c2c(F)ccc(C#N)c2N2CCC(c3nncn3C)CC2)cnc1F. The normalized spacial score (nSPS) is 14.8. The van der Waals surface area contributed by atoms with Crippen molar-refractivity contribution in [2.24, 2.45) is 7.05 Å². The molecule has 0 N–H and O–H groups in total. The molecular weight excluding hydrogens is 374 g/mol. The number of anilines is 1. The molecule has 2 aromatic heterocycles. The van der Waals surface area contributed by atoms with Crippen molar-refractivity contribution in [3.8, 4) is 17.2 Å². The van der Waals surface area contributed by atoms with E-state index >= 15 is 0 Å². The van der Waals surface area contributed by atoms with E-state index in [4.69, 9.17) is 0 Å². The summed E-state index contributed by atoms with van der Waals surface area (Å²) in [5.74, 6) is 0.151. The molecule has 0 bridgehead atoms. The highest BCUT2D eigenvalue weighted by Crippen LogP contribution is 2.39. The molecule has 0 aliphatic carbocycles. The molecule has 1 fully saturated rings. The fourth-order valence-electron chi connectivity index (χ4n) is 3.98. The molecule has 29 heavy (non-hydrogen) atoms. The third-order valence-corrected chi connectivity index (χ3v) is 5.47. The molecule has 1 saturated heterocycles.